The van der Waals surface area contributed by atoms with E-state index in [9.17, 15) is 4.39 Å². The fraction of sp³-hybridized carbons (Fsp3) is 0.273. The van der Waals surface area contributed by atoms with E-state index in [4.69, 9.17) is 11.6 Å². The van der Waals surface area contributed by atoms with Gasteiger partial charge in [-0.1, -0.05) is 29.8 Å². The van der Waals surface area contributed by atoms with Gasteiger partial charge in [-0.05, 0) is 19.0 Å². The van der Waals surface area contributed by atoms with Crippen LogP contribution in [0.5, 0.6) is 0 Å². The minimum atomic E-state index is -0.333. The Balaban J connectivity index is 2.50. The second-order valence-electron chi connectivity index (χ2n) is 2.97. The van der Waals surface area contributed by atoms with Crippen molar-refractivity contribution in [2.75, 3.05) is 6.54 Å². The zero-order valence-corrected chi connectivity index (χ0v) is 8.65. The van der Waals surface area contributed by atoms with E-state index in [1.807, 2.05) is 6.08 Å². The lowest BCUT2D eigenvalue weighted by molar-refractivity contribution is 0.590. The van der Waals surface area contributed by atoms with E-state index in [0.29, 0.717) is 12.1 Å². The molecule has 76 valence electrons. The van der Waals surface area contributed by atoms with Gasteiger partial charge in [-0.3, -0.25) is 0 Å². The van der Waals surface area contributed by atoms with Crippen LogP contribution in [0.15, 0.2) is 30.9 Å². The van der Waals surface area contributed by atoms with Crippen molar-refractivity contribution in [1.29, 1.82) is 0 Å². The first kappa shape index (κ1) is 11.2. The van der Waals surface area contributed by atoms with E-state index < -0.39 is 0 Å². The molecule has 0 bridgehead atoms. The molecule has 0 saturated heterocycles. The monoisotopic (exact) mass is 213 g/mol. The molecule has 1 aromatic carbocycles. The Morgan fingerprint density at radius 3 is 3.00 bits per heavy atom. The molecular formula is C11H13ClFN. The summed E-state index contributed by atoms with van der Waals surface area (Å²) in [6, 6.07) is 5.02. The van der Waals surface area contributed by atoms with Crippen LogP contribution in [0, 0.1) is 5.82 Å². The molecule has 0 aliphatic heterocycles. The van der Waals surface area contributed by atoms with Crippen molar-refractivity contribution in [3.8, 4) is 0 Å². The van der Waals surface area contributed by atoms with Crippen molar-refractivity contribution in [2.24, 2.45) is 0 Å². The van der Waals surface area contributed by atoms with Gasteiger partial charge in [-0.2, -0.15) is 0 Å². The highest BCUT2D eigenvalue weighted by Gasteiger charge is 2.04. The summed E-state index contributed by atoms with van der Waals surface area (Å²) in [6.07, 6.45) is 2.70. The van der Waals surface area contributed by atoms with Gasteiger partial charge in [0.05, 0.1) is 5.02 Å². The van der Waals surface area contributed by atoms with E-state index in [-0.39, 0.29) is 10.8 Å². The van der Waals surface area contributed by atoms with Gasteiger partial charge >= 0.3 is 0 Å². The molecular weight excluding hydrogens is 201 g/mol. The second kappa shape index (κ2) is 5.78. The van der Waals surface area contributed by atoms with Gasteiger partial charge in [-0.25, -0.2) is 4.39 Å². The molecule has 0 spiro atoms. The molecule has 0 aromatic heterocycles. The highest BCUT2D eigenvalue weighted by atomic mass is 35.5. The molecule has 1 aromatic rings. The topological polar surface area (TPSA) is 12.0 Å². The third-order valence-electron chi connectivity index (χ3n) is 1.87. The molecule has 14 heavy (non-hydrogen) atoms. The van der Waals surface area contributed by atoms with Gasteiger partial charge in [0.25, 0.3) is 0 Å². The average Bonchev–Trinajstić information content (AvgIpc) is 2.19. The largest absolute Gasteiger partial charge is 0.312 e. The van der Waals surface area contributed by atoms with Crippen molar-refractivity contribution in [2.45, 2.75) is 13.0 Å². The summed E-state index contributed by atoms with van der Waals surface area (Å²) in [5.41, 5.74) is 0.599. The number of benzene rings is 1. The third-order valence-corrected chi connectivity index (χ3v) is 2.16. The molecule has 1 N–H and O–H groups in total. The number of rotatable bonds is 5. The van der Waals surface area contributed by atoms with Crippen LogP contribution < -0.4 is 5.32 Å². The maximum Gasteiger partial charge on any atom is 0.146 e. The SMILES string of the molecule is C=CCCNCc1cccc(Cl)c1F. The Bertz CT molecular complexity index is 312. The predicted octanol–water partition coefficient (Wildman–Crippen LogP) is 3.14. The van der Waals surface area contributed by atoms with Gasteiger partial charge in [0.1, 0.15) is 5.82 Å². The Kier molecular flexibility index (Phi) is 4.63. The molecule has 0 unspecified atom stereocenters. The molecule has 1 rings (SSSR count). The van der Waals surface area contributed by atoms with Crippen molar-refractivity contribution in [1.82, 2.24) is 5.32 Å². The maximum absolute atomic E-state index is 13.3. The van der Waals surface area contributed by atoms with Crippen LogP contribution in [0.3, 0.4) is 0 Å². The lowest BCUT2D eigenvalue weighted by Gasteiger charge is -2.05. The first-order valence-electron chi connectivity index (χ1n) is 4.50. The minimum Gasteiger partial charge on any atom is -0.312 e. The van der Waals surface area contributed by atoms with E-state index in [1.165, 1.54) is 0 Å². The lowest BCUT2D eigenvalue weighted by atomic mass is 10.2. The zero-order chi connectivity index (χ0) is 10.4. The number of hydrogen-bond donors (Lipinski definition) is 1. The first-order valence-corrected chi connectivity index (χ1v) is 4.88. The Labute approximate surface area is 88.6 Å². The molecule has 1 nitrogen and oxygen atoms in total. The van der Waals surface area contributed by atoms with Crippen LogP contribution in [0.1, 0.15) is 12.0 Å². The molecule has 0 aliphatic rings. The molecule has 0 aliphatic carbocycles. The number of halogens is 2. The van der Waals surface area contributed by atoms with Gasteiger partial charge in [0.2, 0.25) is 0 Å². The van der Waals surface area contributed by atoms with Crippen LogP contribution >= 0.6 is 11.6 Å². The number of hydrogen-bond acceptors (Lipinski definition) is 1. The summed E-state index contributed by atoms with van der Waals surface area (Å²) in [6.45, 7) is 4.90. The van der Waals surface area contributed by atoms with E-state index in [1.54, 1.807) is 18.2 Å². The standard InChI is InChI=1S/C11H13ClFN/c1-2-3-7-14-8-9-5-4-6-10(12)11(9)13/h2,4-6,14H,1,3,7-8H2. The van der Waals surface area contributed by atoms with Crippen molar-refractivity contribution < 1.29 is 4.39 Å². The second-order valence-corrected chi connectivity index (χ2v) is 3.37. The average molecular weight is 214 g/mol. The molecule has 0 fully saturated rings. The third kappa shape index (κ3) is 3.13. The summed E-state index contributed by atoms with van der Waals surface area (Å²) in [4.78, 5) is 0. The fourth-order valence-electron chi connectivity index (χ4n) is 1.11. The fourth-order valence-corrected chi connectivity index (χ4v) is 1.31. The van der Waals surface area contributed by atoms with Crippen LogP contribution in [0.4, 0.5) is 4.39 Å². The maximum atomic E-state index is 13.3. The van der Waals surface area contributed by atoms with Crippen molar-refractivity contribution in [3.63, 3.8) is 0 Å². The molecule has 0 atom stereocenters. The smallest absolute Gasteiger partial charge is 0.146 e. The molecule has 0 amide bonds. The highest BCUT2D eigenvalue weighted by molar-refractivity contribution is 6.30. The first-order chi connectivity index (χ1) is 6.75. The summed E-state index contributed by atoms with van der Waals surface area (Å²) >= 11 is 5.63. The summed E-state index contributed by atoms with van der Waals surface area (Å²) < 4.78 is 13.3. The Hall–Kier alpha value is -0.860. The van der Waals surface area contributed by atoms with E-state index in [0.717, 1.165) is 13.0 Å². The highest BCUT2D eigenvalue weighted by Crippen LogP contribution is 2.17. The predicted molar refractivity (Wildman–Crippen MR) is 57.9 cm³/mol. The van der Waals surface area contributed by atoms with Gasteiger partial charge < -0.3 is 5.32 Å². The quantitative estimate of drug-likeness (QED) is 0.585. The van der Waals surface area contributed by atoms with Gasteiger partial charge in [-0.15, -0.1) is 6.58 Å². The zero-order valence-electron chi connectivity index (χ0n) is 7.89. The van der Waals surface area contributed by atoms with Crippen LogP contribution in [0.25, 0.3) is 0 Å². The molecule has 0 radical (unpaired) electrons. The van der Waals surface area contributed by atoms with Crippen LogP contribution in [0.2, 0.25) is 5.02 Å². The molecule has 0 heterocycles. The van der Waals surface area contributed by atoms with Crippen LogP contribution in [-0.4, -0.2) is 6.54 Å². The van der Waals surface area contributed by atoms with E-state index in [2.05, 4.69) is 11.9 Å². The lowest BCUT2D eigenvalue weighted by Crippen LogP contribution is -2.15. The normalized spacial score (nSPS) is 10.1. The summed E-state index contributed by atoms with van der Waals surface area (Å²) in [7, 11) is 0. The summed E-state index contributed by atoms with van der Waals surface area (Å²) in [5.74, 6) is -0.333. The minimum absolute atomic E-state index is 0.174. The summed E-state index contributed by atoms with van der Waals surface area (Å²) in [5, 5.41) is 3.27. The van der Waals surface area contributed by atoms with Crippen molar-refractivity contribution in [3.05, 3.63) is 47.3 Å². The van der Waals surface area contributed by atoms with Gasteiger partial charge in [0, 0.05) is 12.1 Å². The molecule has 0 saturated carbocycles. The Morgan fingerprint density at radius 1 is 1.50 bits per heavy atom. The Morgan fingerprint density at radius 2 is 2.29 bits per heavy atom. The van der Waals surface area contributed by atoms with Crippen LogP contribution in [-0.2, 0) is 6.54 Å². The number of nitrogens with one attached hydrogen (secondary N) is 1. The van der Waals surface area contributed by atoms with Gasteiger partial charge in [0.15, 0.2) is 0 Å². The molecule has 3 heteroatoms. The van der Waals surface area contributed by atoms with E-state index >= 15 is 0 Å². The van der Waals surface area contributed by atoms with Crippen molar-refractivity contribution >= 4 is 11.6 Å².